The molecule has 1 aromatic rings. The maximum absolute atomic E-state index is 8.74. The van der Waals surface area contributed by atoms with E-state index in [9.17, 15) is 0 Å². The van der Waals surface area contributed by atoms with Crippen LogP contribution in [0.15, 0.2) is 18.5 Å². The summed E-state index contributed by atoms with van der Waals surface area (Å²) in [6.45, 7) is 2.47. The van der Waals surface area contributed by atoms with Crippen LogP contribution in [0, 0.1) is 11.3 Å². The Bertz CT molecular complexity index is 382. The number of nitrogens with zero attached hydrogens (tertiary/aromatic N) is 2. The van der Waals surface area contributed by atoms with E-state index in [0.717, 1.165) is 0 Å². The molecule has 4 heteroatoms. The molecule has 0 aliphatic heterocycles. The topological polar surface area (TPSA) is 45.9 Å². The Morgan fingerprint density at radius 3 is 3.14 bits per heavy atom. The fourth-order valence-corrected chi connectivity index (χ4v) is 1.06. The highest BCUT2D eigenvalue weighted by atomic mass is 35.5. The Hall–Kier alpha value is -1.53. The Balaban J connectivity index is 2.94. The summed E-state index contributed by atoms with van der Waals surface area (Å²) in [4.78, 5) is 3.88. The summed E-state index contributed by atoms with van der Waals surface area (Å²) < 4.78 is 5.02. The summed E-state index contributed by atoms with van der Waals surface area (Å²) in [5.41, 5.74) is 0.999. The predicted molar refractivity (Wildman–Crippen MR) is 54.6 cm³/mol. The zero-order valence-electron chi connectivity index (χ0n) is 7.70. The lowest BCUT2D eigenvalue weighted by molar-refractivity contribution is 0.272. The van der Waals surface area contributed by atoms with Gasteiger partial charge < -0.3 is 4.74 Å². The second kappa shape index (κ2) is 5.25. The van der Waals surface area contributed by atoms with Crippen molar-refractivity contribution >= 4 is 17.7 Å². The molecular formula is C10H9ClN2O. The predicted octanol–water partition coefficient (Wildman–Crippen LogP) is 2.61. The lowest BCUT2D eigenvalue weighted by Crippen LogP contribution is -1.87. The third kappa shape index (κ3) is 2.75. The van der Waals surface area contributed by atoms with Crippen LogP contribution in [-0.4, -0.2) is 11.6 Å². The highest BCUT2D eigenvalue weighted by Crippen LogP contribution is 2.14. The van der Waals surface area contributed by atoms with Crippen molar-refractivity contribution < 1.29 is 4.74 Å². The Morgan fingerprint density at radius 1 is 1.71 bits per heavy atom. The van der Waals surface area contributed by atoms with Crippen LogP contribution >= 0.6 is 11.6 Å². The maximum atomic E-state index is 8.74. The van der Waals surface area contributed by atoms with Crippen molar-refractivity contribution in [2.75, 3.05) is 6.61 Å². The van der Waals surface area contributed by atoms with Crippen molar-refractivity contribution in [2.24, 2.45) is 0 Å². The summed E-state index contributed by atoms with van der Waals surface area (Å²) in [5, 5.41) is 9.24. The van der Waals surface area contributed by atoms with Gasteiger partial charge in [-0.1, -0.05) is 11.6 Å². The van der Waals surface area contributed by atoms with Crippen LogP contribution in [0.4, 0.5) is 0 Å². The highest BCUT2D eigenvalue weighted by molar-refractivity contribution is 6.30. The molecule has 0 bridgehead atoms. The monoisotopic (exact) mass is 208 g/mol. The van der Waals surface area contributed by atoms with E-state index in [0.29, 0.717) is 22.9 Å². The maximum Gasteiger partial charge on any atom is 0.147 e. The minimum absolute atomic E-state index is 0.338. The Morgan fingerprint density at radius 2 is 2.50 bits per heavy atom. The lowest BCUT2D eigenvalue weighted by Gasteiger charge is -1.97. The molecule has 72 valence electrons. The second-order valence-corrected chi connectivity index (χ2v) is 2.90. The Kier molecular flexibility index (Phi) is 3.96. The molecule has 14 heavy (non-hydrogen) atoms. The molecule has 0 amide bonds. The molecule has 1 heterocycles. The number of pyridine rings is 1. The molecule has 1 rings (SSSR count). The molecule has 0 saturated heterocycles. The molecule has 0 atom stereocenters. The number of rotatable bonds is 3. The lowest BCUT2D eigenvalue weighted by atomic mass is 10.2. The van der Waals surface area contributed by atoms with Crippen LogP contribution in [0.3, 0.4) is 0 Å². The van der Waals surface area contributed by atoms with Crippen LogP contribution in [0.25, 0.3) is 6.08 Å². The zero-order valence-corrected chi connectivity index (χ0v) is 8.45. The molecule has 0 N–H and O–H groups in total. The van der Waals surface area contributed by atoms with Crippen molar-refractivity contribution in [3.8, 4) is 6.07 Å². The first-order valence-electron chi connectivity index (χ1n) is 4.11. The van der Waals surface area contributed by atoms with Gasteiger partial charge in [-0.2, -0.15) is 5.26 Å². The molecule has 1 aromatic heterocycles. The van der Waals surface area contributed by atoms with E-state index in [4.69, 9.17) is 21.6 Å². The summed E-state index contributed by atoms with van der Waals surface area (Å²) in [5.74, 6) is 0. The van der Waals surface area contributed by atoms with Gasteiger partial charge >= 0.3 is 0 Å². The Labute approximate surface area is 87.6 Å². The van der Waals surface area contributed by atoms with Crippen molar-refractivity contribution in [3.05, 3.63) is 34.8 Å². The van der Waals surface area contributed by atoms with Gasteiger partial charge in [0.15, 0.2) is 0 Å². The van der Waals surface area contributed by atoms with E-state index in [2.05, 4.69) is 4.98 Å². The van der Waals surface area contributed by atoms with E-state index < -0.39 is 0 Å². The molecule has 0 saturated carbocycles. The van der Waals surface area contributed by atoms with E-state index in [1.54, 1.807) is 12.1 Å². The standard InChI is InChI=1S/C10H9ClN2O/c1-2-14-4-3-8-5-9(11)7-13-10(8)6-12/h3-5,7H,2H2,1H3/b4-3+. The second-order valence-electron chi connectivity index (χ2n) is 2.46. The number of hydrogen-bond acceptors (Lipinski definition) is 3. The van der Waals surface area contributed by atoms with Gasteiger partial charge in [0.25, 0.3) is 0 Å². The largest absolute Gasteiger partial charge is 0.501 e. The molecule has 0 fully saturated rings. The molecule has 0 radical (unpaired) electrons. The fourth-order valence-electron chi connectivity index (χ4n) is 0.893. The molecule has 0 spiro atoms. The summed E-state index contributed by atoms with van der Waals surface area (Å²) >= 11 is 5.74. The minimum atomic E-state index is 0.338. The number of halogens is 1. The van der Waals surface area contributed by atoms with E-state index in [1.165, 1.54) is 12.5 Å². The third-order valence-corrected chi connectivity index (χ3v) is 1.71. The van der Waals surface area contributed by atoms with Crippen molar-refractivity contribution in [1.82, 2.24) is 4.98 Å². The molecule has 0 aliphatic rings. The van der Waals surface area contributed by atoms with Crippen LogP contribution in [0.2, 0.25) is 5.02 Å². The molecular weight excluding hydrogens is 200 g/mol. The van der Waals surface area contributed by atoms with Crippen molar-refractivity contribution in [3.63, 3.8) is 0 Å². The van der Waals surface area contributed by atoms with Gasteiger partial charge in [-0.3, -0.25) is 0 Å². The quantitative estimate of drug-likeness (QED) is 0.718. The molecule has 0 aliphatic carbocycles. The fraction of sp³-hybridized carbons (Fsp3) is 0.200. The van der Waals surface area contributed by atoms with Gasteiger partial charge in [0.2, 0.25) is 0 Å². The first kappa shape index (κ1) is 10.6. The minimum Gasteiger partial charge on any atom is -0.501 e. The van der Waals surface area contributed by atoms with Crippen molar-refractivity contribution in [1.29, 1.82) is 5.26 Å². The third-order valence-electron chi connectivity index (χ3n) is 1.50. The first-order chi connectivity index (χ1) is 6.77. The SMILES string of the molecule is CCO/C=C/c1cc(Cl)cnc1C#N. The van der Waals surface area contributed by atoms with Crippen molar-refractivity contribution in [2.45, 2.75) is 6.92 Å². The molecule has 0 unspecified atom stereocenters. The van der Waals surface area contributed by atoms with Crippen LogP contribution in [-0.2, 0) is 4.74 Å². The highest BCUT2D eigenvalue weighted by Gasteiger charge is 2.00. The zero-order chi connectivity index (χ0) is 10.4. The summed E-state index contributed by atoms with van der Waals surface area (Å²) in [6, 6.07) is 3.64. The van der Waals surface area contributed by atoms with Gasteiger partial charge in [-0.25, -0.2) is 4.98 Å². The first-order valence-corrected chi connectivity index (χ1v) is 4.49. The van der Waals surface area contributed by atoms with E-state index in [-0.39, 0.29) is 0 Å². The van der Waals surface area contributed by atoms with Gasteiger partial charge in [-0.05, 0) is 19.1 Å². The number of aromatic nitrogens is 1. The average Bonchev–Trinajstić information content (AvgIpc) is 2.19. The van der Waals surface area contributed by atoms with E-state index >= 15 is 0 Å². The summed E-state index contributed by atoms with van der Waals surface area (Å²) in [7, 11) is 0. The van der Waals surface area contributed by atoms with Gasteiger partial charge in [0.05, 0.1) is 17.9 Å². The number of ether oxygens (including phenoxy) is 1. The number of hydrogen-bond donors (Lipinski definition) is 0. The molecule has 3 nitrogen and oxygen atoms in total. The average molecular weight is 209 g/mol. The molecule has 0 aromatic carbocycles. The van der Waals surface area contributed by atoms with Crippen LogP contribution < -0.4 is 0 Å². The van der Waals surface area contributed by atoms with Crippen LogP contribution in [0.1, 0.15) is 18.2 Å². The number of nitriles is 1. The van der Waals surface area contributed by atoms with Crippen LogP contribution in [0.5, 0.6) is 0 Å². The van der Waals surface area contributed by atoms with E-state index in [1.807, 2.05) is 13.0 Å². The van der Waals surface area contributed by atoms with Gasteiger partial charge in [0, 0.05) is 11.8 Å². The summed E-state index contributed by atoms with van der Waals surface area (Å²) in [6.07, 6.45) is 4.63. The van der Waals surface area contributed by atoms with Gasteiger partial charge in [0.1, 0.15) is 11.8 Å². The van der Waals surface area contributed by atoms with Gasteiger partial charge in [-0.15, -0.1) is 0 Å². The normalized spacial score (nSPS) is 10.1. The smallest absolute Gasteiger partial charge is 0.147 e.